The largest absolute Gasteiger partial charge is 0.347 e. The van der Waals surface area contributed by atoms with Gasteiger partial charge in [-0.15, -0.1) is 0 Å². The van der Waals surface area contributed by atoms with E-state index < -0.39 is 11.7 Å². The normalized spacial score (nSPS) is 21.2. The van der Waals surface area contributed by atoms with E-state index in [9.17, 15) is 14.4 Å². The average molecular weight is 587 g/mol. The summed E-state index contributed by atoms with van der Waals surface area (Å²) < 4.78 is 11.7. The van der Waals surface area contributed by atoms with Gasteiger partial charge in [-0.05, 0) is 48.6 Å². The van der Waals surface area contributed by atoms with Crippen LogP contribution < -0.4 is 5.32 Å². The van der Waals surface area contributed by atoms with Crippen LogP contribution in [0.1, 0.15) is 43.2 Å². The summed E-state index contributed by atoms with van der Waals surface area (Å²) in [5, 5.41) is 11.1. The average Bonchev–Trinajstić information content (AvgIpc) is 3.70. The summed E-state index contributed by atoms with van der Waals surface area (Å²) in [6.07, 6.45) is 5.11. The molecule has 2 aromatic carbocycles. The van der Waals surface area contributed by atoms with Crippen LogP contribution in [0.15, 0.2) is 48.7 Å². The molecule has 4 aliphatic heterocycles. The number of ether oxygens (including phenoxy) is 2. The first-order valence-corrected chi connectivity index (χ1v) is 15.4. The lowest BCUT2D eigenvalue weighted by atomic mass is 9.91. The lowest BCUT2D eigenvalue weighted by Gasteiger charge is -2.41. The number of aromatic nitrogens is 2. The first-order chi connectivity index (χ1) is 21.0. The molecule has 0 saturated carbocycles. The molecular weight excluding hydrogens is 548 g/mol. The number of nitrogens with one attached hydrogen (secondary N) is 2. The van der Waals surface area contributed by atoms with Crippen LogP contribution >= 0.6 is 0 Å². The number of piperidine rings is 2. The predicted octanol–water partition coefficient (Wildman–Crippen LogP) is 3.52. The van der Waals surface area contributed by atoms with Crippen molar-refractivity contribution >= 4 is 34.4 Å². The number of urea groups is 1. The Balaban J connectivity index is 1.01. The zero-order valence-electron chi connectivity index (χ0n) is 24.3. The molecule has 7 rings (SSSR count). The number of H-pyrrole nitrogens is 1. The number of likely N-dealkylation sites (tertiary alicyclic amines) is 2. The standard InChI is InChI=1S/C32H38N6O5/c39-29(36-11-7-26(8-12-36)38-21-23-3-1-2-4-27(23)34-31(38)41)19-24(17-22-5-6-28-25(18-22)20-33-35-28)30(40)37-13-9-32(10-14-37)42-15-16-43-32/h1-6,18,20,24,26H,7-17,19,21H2,(H,33,35)(H,34,41)/t24-/m0/s1. The van der Waals surface area contributed by atoms with Gasteiger partial charge in [0.25, 0.3) is 0 Å². The molecular formula is C32H38N6O5. The molecule has 226 valence electrons. The van der Waals surface area contributed by atoms with Crippen molar-refractivity contribution < 1.29 is 23.9 Å². The molecule has 43 heavy (non-hydrogen) atoms. The van der Waals surface area contributed by atoms with Crippen molar-refractivity contribution in [1.82, 2.24) is 24.9 Å². The Hall–Kier alpha value is -3.96. The van der Waals surface area contributed by atoms with Gasteiger partial charge in [-0.2, -0.15) is 5.10 Å². The molecule has 0 bridgehead atoms. The topological polar surface area (TPSA) is 120 Å². The molecule has 11 heteroatoms. The zero-order chi connectivity index (χ0) is 29.4. The number of anilines is 1. The first-order valence-electron chi connectivity index (χ1n) is 15.4. The van der Waals surface area contributed by atoms with Crippen molar-refractivity contribution in [2.24, 2.45) is 5.92 Å². The van der Waals surface area contributed by atoms with E-state index in [1.807, 2.05) is 57.2 Å². The van der Waals surface area contributed by atoms with Crippen molar-refractivity contribution in [1.29, 1.82) is 0 Å². The fourth-order valence-electron chi connectivity index (χ4n) is 7.05. The van der Waals surface area contributed by atoms with Crippen molar-refractivity contribution in [3.8, 4) is 0 Å². The molecule has 2 N–H and O–H groups in total. The van der Waals surface area contributed by atoms with Crippen molar-refractivity contribution in [3.63, 3.8) is 0 Å². The summed E-state index contributed by atoms with van der Waals surface area (Å²) in [6, 6.07) is 13.9. The second-order valence-corrected chi connectivity index (χ2v) is 12.2. The van der Waals surface area contributed by atoms with Gasteiger partial charge in [-0.25, -0.2) is 4.79 Å². The second kappa shape index (κ2) is 11.6. The highest BCUT2D eigenvalue weighted by molar-refractivity contribution is 5.92. The van der Waals surface area contributed by atoms with Gasteiger partial charge < -0.3 is 29.5 Å². The summed E-state index contributed by atoms with van der Waals surface area (Å²) in [5.41, 5.74) is 3.91. The number of carbonyl (C=O) groups excluding carboxylic acids is 3. The van der Waals surface area contributed by atoms with Crippen LogP contribution in [0, 0.1) is 5.92 Å². The zero-order valence-corrected chi connectivity index (χ0v) is 24.3. The first kappa shape index (κ1) is 27.8. The number of carbonyl (C=O) groups is 3. The minimum atomic E-state index is -0.563. The number of amides is 4. The highest BCUT2D eigenvalue weighted by Gasteiger charge is 2.42. The van der Waals surface area contributed by atoms with Crippen LogP contribution in [-0.4, -0.2) is 94.0 Å². The summed E-state index contributed by atoms with van der Waals surface area (Å²) in [7, 11) is 0. The Morgan fingerprint density at radius 3 is 2.56 bits per heavy atom. The lowest BCUT2D eigenvalue weighted by molar-refractivity contribution is -0.188. The van der Waals surface area contributed by atoms with E-state index in [0.29, 0.717) is 78.0 Å². The van der Waals surface area contributed by atoms with E-state index in [2.05, 4.69) is 15.5 Å². The van der Waals surface area contributed by atoms with Crippen LogP contribution in [0.3, 0.4) is 0 Å². The third-order valence-corrected chi connectivity index (χ3v) is 9.53. The van der Waals surface area contributed by atoms with Gasteiger partial charge in [0.2, 0.25) is 11.8 Å². The number of hydrogen-bond donors (Lipinski definition) is 2. The summed E-state index contributed by atoms with van der Waals surface area (Å²) in [6.45, 7) is 4.00. The van der Waals surface area contributed by atoms with E-state index >= 15 is 0 Å². The molecule has 4 aliphatic rings. The monoisotopic (exact) mass is 586 g/mol. The van der Waals surface area contributed by atoms with E-state index in [4.69, 9.17) is 9.47 Å². The number of para-hydroxylation sites is 1. The maximum Gasteiger partial charge on any atom is 0.322 e. The number of hydrogen-bond acceptors (Lipinski definition) is 6. The molecule has 1 spiro atoms. The van der Waals surface area contributed by atoms with Gasteiger partial charge in [-0.3, -0.25) is 14.7 Å². The molecule has 3 fully saturated rings. The van der Waals surface area contributed by atoms with Gasteiger partial charge in [-0.1, -0.05) is 24.3 Å². The Kier molecular flexibility index (Phi) is 7.52. The van der Waals surface area contributed by atoms with E-state index in [1.165, 1.54) is 0 Å². The van der Waals surface area contributed by atoms with E-state index in [0.717, 1.165) is 27.7 Å². The van der Waals surface area contributed by atoms with Crippen LogP contribution in [0.2, 0.25) is 0 Å². The SMILES string of the molecule is O=C(C[C@H](Cc1ccc2[nH]ncc2c1)C(=O)N1CCC2(CC1)OCCO2)N1CCC(N2Cc3ccccc3NC2=O)CC1. The Labute approximate surface area is 250 Å². The Morgan fingerprint density at radius 1 is 1.00 bits per heavy atom. The number of benzene rings is 2. The van der Waals surface area contributed by atoms with Gasteiger partial charge in [0, 0.05) is 69.1 Å². The molecule has 1 atom stereocenters. The number of rotatable bonds is 6. The third-order valence-electron chi connectivity index (χ3n) is 9.53. The molecule has 0 aliphatic carbocycles. The molecule has 0 radical (unpaired) electrons. The lowest BCUT2D eigenvalue weighted by Crippen LogP contribution is -2.52. The molecule has 11 nitrogen and oxygen atoms in total. The fourth-order valence-corrected chi connectivity index (χ4v) is 7.05. The minimum absolute atomic E-state index is 0.00651. The smallest absolute Gasteiger partial charge is 0.322 e. The highest BCUT2D eigenvalue weighted by atomic mass is 16.7. The van der Waals surface area contributed by atoms with Gasteiger partial charge in [0.1, 0.15) is 0 Å². The van der Waals surface area contributed by atoms with Crippen molar-refractivity contribution in [2.75, 3.05) is 44.7 Å². The van der Waals surface area contributed by atoms with Gasteiger partial charge in [0.15, 0.2) is 5.79 Å². The summed E-state index contributed by atoms with van der Waals surface area (Å²) >= 11 is 0. The minimum Gasteiger partial charge on any atom is -0.347 e. The maximum atomic E-state index is 13.9. The molecule has 4 amide bonds. The van der Waals surface area contributed by atoms with E-state index in [-0.39, 0.29) is 30.3 Å². The van der Waals surface area contributed by atoms with E-state index in [1.54, 1.807) is 6.20 Å². The van der Waals surface area contributed by atoms with Crippen molar-refractivity contribution in [2.45, 2.75) is 56.9 Å². The van der Waals surface area contributed by atoms with Gasteiger partial charge >= 0.3 is 6.03 Å². The quantitative estimate of drug-likeness (QED) is 0.456. The van der Waals surface area contributed by atoms with Gasteiger partial charge in [0.05, 0.1) is 30.8 Å². The van der Waals surface area contributed by atoms with Crippen LogP contribution in [0.25, 0.3) is 10.9 Å². The molecule has 1 aromatic heterocycles. The number of nitrogens with zero attached hydrogens (tertiary/aromatic N) is 4. The second-order valence-electron chi connectivity index (χ2n) is 12.2. The Morgan fingerprint density at radius 2 is 1.77 bits per heavy atom. The van der Waals surface area contributed by atoms with Crippen molar-refractivity contribution in [3.05, 3.63) is 59.8 Å². The number of fused-ring (bicyclic) bond motifs is 2. The fraction of sp³-hybridized carbons (Fsp3) is 0.500. The molecule has 3 aromatic rings. The van der Waals surface area contributed by atoms with Crippen LogP contribution in [0.5, 0.6) is 0 Å². The number of aromatic amines is 1. The highest BCUT2D eigenvalue weighted by Crippen LogP contribution is 2.33. The Bertz CT molecular complexity index is 1500. The summed E-state index contributed by atoms with van der Waals surface area (Å²) in [5.74, 6) is -1.04. The molecule has 0 unspecified atom stereocenters. The maximum absolute atomic E-state index is 13.9. The third kappa shape index (κ3) is 5.71. The predicted molar refractivity (Wildman–Crippen MR) is 159 cm³/mol. The molecule has 3 saturated heterocycles. The summed E-state index contributed by atoms with van der Waals surface area (Å²) in [4.78, 5) is 46.1. The van der Waals surface area contributed by atoms with Crippen LogP contribution in [0.4, 0.5) is 10.5 Å². The molecule has 5 heterocycles. The van der Waals surface area contributed by atoms with Crippen LogP contribution in [-0.2, 0) is 32.0 Å².